The number of benzene rings is 1. The molecule has 0 unspecified atom stereocenters. The normalized spacial score (nSPS) is 19.2. The maximum atomic E-state index is 12.9. The third-order valence-electron chi connectivity index (χ3n) is 3.80. The Morgan fingerprint density at radius 2 is 2.20 bits per heavy atom. The van der Waals surface area contributed by atoms with Crippen molar-refractivity contribution in [3.63, 3.8) is 0 Å². The minimum Gasteiger partial charge on any atom is -0.370 e. The Morgan fingerprint density at radius 3 is 3.00 bits per heavy atom. The molecule has 0 bridgehead atoms. The molecule has 0 aliphatic carbocycles. The van der Waals surface area contributed by atoms with Gasteiger partial charge in [-0.05, 0) is 24.6 Å². The van der Waals surface area contributed by atoms with Crippen LogP contribution < -0.4 is 10.6 Å². The molecule has 5 heteroatoms. The van der Waals surface area contributed by atoms with E-state index in [9.17, 15) is 4.39 Å². The van der Waals surface area contributed by atoms with E-state index < -0.39 is 0 Å². The fourth-order valence-corrected chi connectivity index (χ4v) is 2.54. The number of aromatic nitrogens is 2. The molecular weight excluding hydrogens is 255 g/mol. The summed E-state index contributed by atoms with van der Waals surface area (Å²) in [4.78, 5) is 0. The molecule has 0 radical (unpaired) electrons. The average molecular weight is 274 g/mol. The van der Waals surface area contributed by atoms with Crippen molar-refractivity contribution in [2.45, 2.75) is 19.5 Å². The first-order valence-electron chi connectivity index (χ1n) is 6.97. The lowest BCUT2D eigenvalue weighted by atomic mass is 10.1. The van der Waals surface area contributed by atoms with Crippen LogP contribution in [0, 0.1) is 11.7 Å². The van der Waals surface area contributed by atoms with E-state index >= 15 is 0 Å². The highest BCUT2D eigenvalue weighted by Crippen LogP contribution is 2.17. The summed E-state index contributed by atoms with van der Waals surface area (Å²) in [6.45, 7) is 4.89. The summed E-state index contributed by atoms with van der Waals surface area (Å²) in [6.07, 6.45) is 1.82. The predicted octanol–water partition coefficient (Wildman–Crippen LogP) is 2.41. The van der Waals surface area contributed by atoms with E-state index in [1.165, 1.54) is 12.1 Å². The molecule has 2 heterocycles. The highest BCUT2D eigenvalue weighted by atomic mass is 19.1. The van der Waals surface area contributed by atoms with Gasteiger partial charge in [0.15, 0.2) is 0 Å². The van der Waals surface area contributed by atoms with Crippen LogP contribution in [0.4, 0.5) is 10.2 Å². The van der Waals surface area contributed by atoms with E-state index in [1.54, 1.807) is 0 Å². The third kappa shape index (κ3) is 2.82. The van der Waals surface area contributed by atoms with Crippen LogP contribution in [0.3, 0.4) is 0 Å². The first-order chi connectivity index (χ1) is 9.72. The molecule has 0 amide bonds. The van der Waals surface area contributed by atoms with Crippen molar-refractivity contribution < 1.29 is 4.39 Å². The first-order valence-corrected chi connectivity index (χ1v) is 6.97. The van der Waals surface area contributed by atoms with E-state index in [0.717, 1.165) is 31.0 Å². The van der Waals surface area contributed by atoms with Crippen LogP contribution in [0.5, 0.6) is 0 Å². The fraction of sp³-hybridized carbons (Fsp3) is 0.400. The maximum absolute atomic E-state index is 12.9. The molecule has 3 rings (SSSR count). The molecule has 1 aliphatic rings. The van der Waals surface area contributed by atoms with E-state index in [-0.39, 0.29) is 11.9 Å². The van der Waals surface area contributed by atoms with E-state index in [1.807, 2.05) is 29.1 Å². The van der Waals surface area contributed by atoms with Gasteiger partial charge in [0.1, 0.15) is 11.6 Å². The van der Waals surface area contributed by atoms with Gasteiger partial charge < -0.3 is 10.6 Å². The van der Waals surface area contributed by atoms with Crippen molar-refractivity contribution in [2.75, 3.05) is 18.4 Å². The Labute approximate surface area is 118 Å². The molecule has 1 aromatic heterocycles. The second-order valence-corrected chi connectivity index (χ2v) is 5.33. The number of hydrogen-bond donors (Lipinski definition) is 2. The maximum Gasteiger partial charge on any atom is 0.124 e. The molecular formula is C15H19FN4. The second kappa shape index (κ2) is 5.63. The van der Waals surface area contributed by atoms with Crippen LogP contribution >= 0.6 is 0 Å². The average Bonchev–Trinajstić information content (AvgIpc) is 2.93. The van der Waals surface area contributed by atoms with Crippen LogP contribution in [0.15, 0.2) is 36.5 Å². The van der Waals surface area contributed by atoms with Crippen LogP contribution in [0.2, 0.25) is 0 Å². The van der Waals surface area contributed by atoms with Gasteiger partial charge in [0.05, 0.1) is 6.20 Å². The molecule has 20 heavy (non-hydrogen) atoms. The van der Waals surface area contributed by atoms with Crippen LogP contribution in [-0.4, -0.2) is 22.9 Å². The molecule has 2 N–H and O–H groups in total. The monoisotopic (exact) mass is 274 g/mol. The molecule has 1 aromatic carbocycles. The number of hydrogen-bond acceptors (Lipinski definition) is 3. The van der Waals surface area contributed by atoms with Crippen molar-refractivity contribution in [1.82, 2.24) is 15.1 Å². The summed E-state index contributed by atoms with van der Waals surface area (Å²) in [5.74, 6) is 1.40. The van der Waals surface area contributed by atoms with Crippen LogP contribution in [0.1, 0.15) is 18.5 Å². The Morgan fingerprint density at radius 1 is 1.40 bits per heavy atom. The lowest BCUT2D eigenvalue weighted by molar-refractivity contribution is 0.376. The third-order valence-corrected chi connectivity index (χ3v) is 3.80. The molecule has 2 aromatic rings. The molecule has 4 nitrogen and oxygen atoms in total. The minimum atomic E-state index is -0.191. The Hall–Kier alpha value is -1.88. The zero-order valence-electron chi connectivity index (χ0n) is 11.5. The second-order valence-electron chi connectivity index (χ2n) is 5.33. The number of nitrogens with one attached hydrogen (secondary N) is 2. The zero-order valence-corrected chi connectivity index (χ0v) is 11.5. The van der Waals surface area contributed by atoms with Crippen molar-refractivity contribution in [1.29, 1.82) is 0 Å². The van der Waals surface area contributed by atoms with Crippen molar-refractivity contribution >= 4 is 5.82 Å². The van der Waals surface area contributed by atoms with Gasteiger partial charge in [0.25, 0.3) is 0 Å². The van der Waals surface area contributed by atoms with E-state index in [0.29, 0.717) is 5.92 Å². The summed E-state index contributed by atoms with van der Waals surface area (Å²) in [7, 11) is 0. The van der Waals surface area contributed by atoms with Crippen molar-refractivity contribution in [3.8, 4) is 0 Å². The number of fused-ring (bicyclic) bond motifs is 1. The Bertz CT molecular complexity index is 564. The quantitative estimate of drug-likeness (QED) is 0.899. The SMILES string of the molecule is C[C@H](NC[C@@H]1CNc2ccnn2C1)c1ccc(F)cc1. The minimum absolute atomic E-state index is 0.191. The Kier molecular flexibility index (Phi) is 3.69. The van der Waals surface area contributed by atoms with Crippen molar-refractivity contribution in [3.05, 3.63) is 47.9 Å². The van der Waals surface area contributed by atoms with Crippen molar-refractivity contribution in [2.24, 2.45) is 5.92 Å². The highest BCUT2D eigenvalue weighted by molar-refractivity contribution is 5.35. The summed E-state index contributed by atoms with van der Waals surface area (Å²) in [5, 5.41) is 11.2. The van der Waals surface area contributed by atoms with Crippen LogP contribution in [-0.2, 0) is 6.54 Å². The first kappa shape index (κ1) is 13.1. The van der Waals surface area contributed by atoms with Gasteiger partial charge in [0, 0.05) is 37.7 Å². The lowest BCUT2D eigenvalue weighted by Crippen LogP contribution is -2.36. The van der Waals surface area contributed by atoms with Gasteiger partial charge in [-0.25, -0.2) is 9.07 Å². The van der Waals surface area contributed by atoms with Gasteiger partial charge >= 0.3 is 0 Å². The number of nitrogens with zero attached hydrogens (tertiary/aromatic N) is 2. The fourth-order valence-electron chi connectivity index (χ4n) is 2.54. The van der Waals surface area contributed by atoms with Gasteiger partial charge in [-0.3, -0.25) is 0 Å². The number of rotatable bonds is 4. The summed E-state index contributed by atoms with van der Waals surface area (Å²) >= 11 is 0. The molecule has 0 fully saturated rings. The standard InChI is InChI=1S/C15H19FN4/c1-11(13-2-4-14(16)5-3-13)17-8-12-9-18-15-6-7-19-20(15)10-12/h2-7,11-12,17-18H,8-10H2,1H3/t11-,12+/m0/s1. The van der Waals surface area contributed by atoms with Gasteiger partial charge in [-0.15, -0.1) is 0 Å². The summed E-state index contributed by atoms with van der Waals surface area (Å²) in [6, 6.07) is 8.88. The van der Waals surface area contributed by atoms with Gasteiger partial charge in [-0.2, -0.15) is 5.10 Å². The summed E-state index contributed by atoms with van der Waals surface area (Å²) in [5.41, 5.74) is 1.11. The Balaban J connectivity index is 1.54. The van der Waals surface area contributed by atoms with E-state index in [2.05, 4.69) is 22.7 Å². The largest absolute Gasteiger partial charge is 0.370 e. The summed E-state index contributed by atoms with van der Waals surface area (Å²) < 4.78 is 14.9. The van der Waals surface area contributed by atoms with Gasteiger partial charge in [-0.1, -0.05) is 12.1 Å². The predicted molar refractivity (Wildman–Crippen MR) is 77.0 cm³/mol. The molecule has 0 spiro atoms. The van der Waals surface area contributed by atoms with Crippen LogP contribution in [0.25, 0.3) is 0 Å². The molecule has 106 valence electrons. The molecule has 0 saturated heterocycles. The van der Waals surface area contributed by atoms with Gasteiger partial charge in [0.2, 0.25) is 0 Å². The number of anilines is 1. The zero-order chi connectivity index (χ0) is 13.9. The van der Waals surface area contributed by atoms with E-state index in [4.69, 9.17) is 0 Å². The highest BCUT2D eigenvalue weighted by Gasteiger charge is 2.18. The lowest BCUT2D eigenvalue weighted by Gasteiger charge is -2.26. The molecule has 0 saturated carbocycles. The topological polar surface area (TPSA) is 41.9 Å². The smallest absolute Gasteiger partial charge is 0.124 e. The molecule has 2 atom stereocenters. The number of halogens is 1. The molecule has 1 aliphatic heterocycles.